The summed E-state index contributed by atoms with van der Waals surface area (Å²) in [5.74, 6) is 0. The van der Waals surface area contributed by atoms with Crippen molar-refractivity contribution in [3.63, 3.8) is 0 Å². The number of unbranched alkanes of at least 4 members (excludes halogenated alkanes) is 4. The fraction of sp³-hybridized carbons (Fsp3) is 0.643. The molecule has 0 heterocycles. The van der Waals surface area contributed by atoms with Crippen LogP contribution in [0.3, 0.4) is 0 Å². The maximum Gasteiger partial charge on any atom is 0.416 e. The zero-order valence-corrected chi connectivity index (χ0v) is 22.4. The highest BCUT2D eigenvalue weighted by Crippen LogP contribution is 2.38. The third-order valence-electron chi connectivity index (χ3n) is 7.39. The molecule has 3 rings (SSSR count). The monoisotopic (exact) mass is 561 g/mol. The number of hydrogen-bond acceptors (Lipinski definition) is 5. The molecular formula is C28H37F6N3O2. The van der Waals surface area contributed by atoms with E-state index in [9.17, 15) is 35.9 Å². The summed E-state index contributed by atoms with van der Waals surface area (Å²) in [7, 11) is 0. The zero-order chi connectivity index (χ0) is 28.8. The largest absolute Gasteiger partial charge is 0.416 e. The van der Waals surface area contributed by atoms with Crippen molar-refractivity contribution in [1.82, 2.24) is 4.90 Å². The number of rotatable bonds is 13. The van der Waals surface area contributed by atoms with Crippen LogP contribution in [0.2, 0.25) is 0 Å². The van der Waals surface area contributed by atoms with Gasteiger partial charge in [-0.05, 0) is 57.0 Å². The molecule has 5 nitrogen and oxygen atoms in total. The summed E-state index contributed by atoms with van der Waals surface area (Å²) >= 11 is 0. The van der Waals surface area contributed by atoms with E-state index in [1.54, 1.807) is 0 Å². The molecule has 2 atom stereocenters. The van der Waals surface area contributed by atoms with Gasteiger partial charge < -0.3 is 10.6 Å². The first-order valence-electron chi connectivity index (χ1n) is 13.8. The molecular weight excluding hydrogens is 524 g/mol. The first-order chi connectivity index (χ1) is 18.4. The van der Waals surface area contributed by atoms with Crippen LogP contribution in [0, 0.1) is 0 Å². The van der Waals surface area contributed by atoms with Crippen molar-refractivity contribution in [3.8, 4) is 0 Å². The van der Waals surface area contributed by atoms with E-state index in [1.165, 1.54) is 0 Å². The van der Waals surface area contributed by atoms with Crippen molar-refractivity contribution in [2.45, 2.75) is 102 Å². The van der Waals surface area contributed by atoms with E-state index >= 15 is 0 Å². The Morgan fingerprint density at radius 2 is 1.28 bits per heavy atom. The molecule has 0 aliphatic heterocycles. The third kappa shape index (κ3) is 7.99. The van der Waals surface area contributed by atoms with Crippen LogP contribution in [0.1, 0.15) is 89.2 Å². The van der Waals surface area contributed by atoms with E-state index in [1.807, 2.05) is 0 Å². The lowest BCUT2D eigenvalue weighted by atomic mass is 9.88. The van der Waals surface area contributed by atoms with Crippen LogP contribution in [0.4, 0.5) is 43.4 Å². The van der Waals surface area contributed by atoms with Gasteiger partial charge in [-0.15, -0.1) is 0 Å². The first kappa shape index (κ1) is 31.0. The maximum atomic E-state index is 13.3. The van der Waals surface area contributed by atoms with E-state index in [-0.39, 0.29) is 29.5 Å². The van der Waals surface area contributed by atoms with E-state index in [4.69, 9.17) is 0 Å². The summed E-state index contributed by atoms with van der Waals surface area (Å²) in [5, 5.41) is 5.55. The van der Waals surface area contributed by atoms with Crippen molar-refractivity contribution in [2.24, 2.45) is 0 Å². The van der Waals surface area contributed by atoms with Gasteiger partial charge in [0.05, 0.1) is 11.1 Å². The minimum atomic E-state index is -5.03. The van der Waals surface area contributed by atoms with Gasteiger partial charge in [0.2, 0.25) is 0 Å². The van der Waals surface area contributed by atoms with E-state index in [0.29, 0.717) is 12.1 Å². The Morgan fingerprint density at radius 1 is 0.769 bits per heavy atom. The predicted octanol–water partition coefficient (Wildman–Crippen LogP) is 7.47. The average Bonchev–Trinajstić information content (AvgIpc) is 2.89. The number of anilines is 3. The van der Waals surface area contributed by atoms with Crippen LogP contribution in [-0.4, -0.2) is 30.1 Å². The normalized spacial score (nSPS) is 18.6. The van der Waals surface area contributed by atoms with Crippen molar-refractivity contribution in [1.29, 1.82) is 0 Å². The first-order valence-corrected chi connectivity index (χ1v) is 13.8. The van der Waals surface area contributed by atoms with Gasteiger partial charge in [0.15, 0.2) is 0 Å². The number of benzene rings is 1. The summed E-state index contributed by atoms with van der Waals surface area (Å²) in [5.41, 5.74) is -5.75. The summed E-state index contributed by atoms with van der Waals surface area (Å²) < 4.78 is 79.7. The second-order valence-electron chi connectivity index (χ2n) is 10.4. The van der Waals surface area contributed by atoms with Crippen LogP contribution in [-0.2, 0) is 12.4 Å². The molecule has 1 aliphatic rings. The fourth-order valence-electron chi connectivity index (χ4n) is 5.30. The van der Waals surface area contributed by atoms with Gasteiger partial charge in [-0.3, -0.25) is 14.5 Å². The Kier molecular flexibility index (Phi) is 10.5. The van der Waals surface area contributed by atoms with E-state index < -0.39 is 40.0 Å². The van der Waals surface area contributed by atoms with Crippen LogP contribution < -0.4 is 21.5 Å². The predicted molar refractivity (Wildman–Crippen MR) is 141 cm³/mol. The number of halogens is 6. The number of alkyl halides is 6. The summed E-state index contributed by atoms with van der Waals surface area (Å²) in [6, 6.07) is 0.962. The van der Waals surface area contributed by atoms with Gasteiger partial charge >= 0.3 is 12.4 Å². The molecule has 0 unspecified atom stereocenters. The molecule has 2 N–H and O–H groups in total. The second-order valence-corrected chi connectivity index (χ2v) is 10.4. The molecule has 2 aromatic carbocycles. The lowest BCUT2D eigenvalue weighted by Gasteiger charge is -2.41. The SMILES string of the molecule is CCCCCN(CCCCC)[C@H]1CCCC[C@@H]1Nc1c(Nc2cc(C(F)(F)F)cc(C(F)(F)F)c2)c(=O)c1=O. The second kappa shape index (κ2) is 13.2. The molecule has 0 saturated heterocycles. The molecule has 1 fully saturated rings. The van der Waals surface area contributed by atoms with Gasteiger partial charge in [-0.25, -0.2) is 0 Å². The van der Waals surface area contributed by atoms with Crippen LogP contribution in [0.5, 0.6) is 0 Å². The number of nitrogens with zero attached hydrogens (tertiary/aromatic N) is 1. The lowest BCUT2D eigenvalue weighted by molar-refractivity contribution is -0.143. The summed E-state index contributed by atoms with van der Waals surface area (Å²) in [4.78, 5) is 27.3. The Morgan fingerprint density at radius 3 is 1.79 bits per heavy atom. The highest BCUT2D eigenvalue weighted by Gasteiger charge is 2.38. The number of hydrogen-bond donors (Lipinski definition) is 2. The van der Waals surface area contributed by atoms with Crippen molar-refractivity contribution < 1.29 is 26.3 Å². The van der Waals surface area contributed by atoms with Gasteiger partial charge in [-0.1, -0.05) is 52.4 Å². The van der Waals surface area contributed by atoms with Crippen LogP contribution in [0.25, 0.3) is 0 Å². The quantitative estimate of drug-likeness (QED) is 0.151. The van der Waals surface area contributed by atoms with Gasteiger partial charge in [0.1, 0.15) is 11.4 Å². The third-order valence-corrected chi connectivity index (χ3v) is 7.39. The Hall–Kier alpha value is -2.56. The molecule has 11 heteroatoms. The smallest absolute Gasteiger partial charge is 0.376 e. The zero-order valence-electron chi connectivity index (χ0n) is 22.4. The van der Waals surface area contributed by atoms with E-state index in [0.717, 1.165) is 77.3 Å². The fourth-order valence-corrected chi connectivity index (χ4v) is 5.30. The minimum Gasteiger partial charge on any atom is -0.376 e. The Bertz CT molecular complexity index is 1110. The minimum absolute atomic E-state index is 0.0186. The molecule has 0 amide bonds. The maximum absolute atomic E-state index is 13.3. The molecule has 1 saturated carbocycles. The molecule has 2 aromatic rings. The highest BCUT2D eigenvalue weighted by molar-refractivity contribution is 5.79. The standard InChI is InChI=1S/C28H37F6N3O2/c1-3-5-9-13-37(14-10-6-4-2)22-12-8-7-11-21(22)36-24-23(25(38)26(24)39)35-20-16-18(27(29,30)31)15-19(17-20)28(32,33)34/h15-17,21-22,35-36H,3-14H2,1-2H3/t21-,22-/m0/s1. The molecule has 0 radical (unpaired) electrons. The summed E-state index contributed by atoms with van der Waals surface area (Å²) in [6.45, 7) is 6.08. The molecule has 39 heavy (non-hydrogen) atoms. The van der Waals surface area contributed by atoms with Gasteiger partial charge in [0.25, 0.3) is 10.9 Å². The van der Waals surface area contributed by atoms with Crippen LogP contribution >= 0.6 is 0 Å². The molecule has 0 aromatic heterocycles. The van der Waals surface area contributed by atoms with Crippen molar-refractivity contribution in [3.05, 3.63) is 49.8 Å². The lowest BCUT2D eigenvalue weighted by Crippen LogP contribution is -2.51. The number of nitrogens with one attached hydrogen (secondary N) is 2. The summed E-state index contributed by atoms with van der Waals surface area (Å²) in [6.07, 6.45) is -0.0586. The average molecular weight is 562 g/mol. The highest BCUT2D eigenvalue weighted by atomic mass is 19.4. The molecule has 0 spiro atoms. The van der Waals surface area contributed by atoms with Crippen molar-refractivity contribution >= 4 is 17.1 Å². The Labute approximate surface area is 224 Å². The van der Waals surface area contributed by atoms with Crippen molar-refractivity contribution in [2.75, 3.05) is 23.7 Å². The molecule has 218 valence electrons. The van der Waals surface area contributed by atoms with Crippen LogP contribution in [0.15, 0.2) is 27.8 Å². The molecule has 0 bridgehead atoms. The van der Waals surface area contributed by atoms with E-state index in [2.05, 4.69) is 29.4 Å². The Balaban J connectivity index is 1.86. The molecule has 1 aliphatic carbocycles. The topological polar surface area (TPSA) is 61.4 Å². The van der Waals surface area contributed by atoms with Gasteiger partial charge in [-0.2, -0.15) is 26.3 Å². The van der Waals surface area contributed by atoms with Gasteiger partial charge in [0, 0.05) is 17.8 Å².